The van der Waals surface area contributed by atoms with Crippen LogP contribution in [0.25, 0.3) is 0 Å². The van der Waals surface area contributed by atoms with Gasteiger partial charge in [0, 0.05) is 61.5 Å². The number of amides is 2. The summed E-state index contributed by atoms with van der Waals surface area (Å²) in [5, 5.41) is 3.54. The van der Waals surface area contributed by atoms with Crippen LogP contribution in [0.3, 0.4) is 0 Å². The van der Waals surface area contributed by atoms with E-state index in [-0.39, 0.29) is 35.1 Å². The largest absolute Gasteiger partial charge is 0.333 e. The fourth-order valence-corrected chi connectivity index (χ4v) is 6.07. The number of hydrogen-bond donors (Lipinski definition) is 1. The van der Waals surface area contributed by atoms with Crippen LogP contribution in [0.5, 0.6) is 0 Å². The van der Waals surface area contributed by atoms with Crippen molar-refractivity contribution in [1.29, 1.82) is 0 Å². The molecule has 0 saturated carbocycles. The van der Waals surface area contributed by atoms with Crippen molar-refractivity contribution in [2.45, 2.75) is 58.5 Å². The lowest BCUT2D eigenvalue weighted by molar-refractivity contribution is -0.126. The van der Waals surface area contributed by atoms with Crippen LogP contribution < -0.4 is 10.2 Å². The van der Waals surface area contributed by atoms with Crippen molar-refractivity contribution in [2.24, 2.45) is 0 Å². The van der Waals surface area contributed by atoms with E-state index in [2.05, 4.69) is 49.2 Å². The first-order chi connectivity index (χ1) is 18.0. The van der Waals surface area contributed by atoms with Gasteiger partial charge in [0.15, 0.2) is 0 Å². The number of carbonyl (C=O) groups excluding carboxylic acids is 2. The molecule has 0 bridgehead atoms. The van der Waals surface area contributed by atoms with Gasteiger partial charge in [-0.15, -0.1) is 0 Å². The molecule has 7 heteroatoms. The number of anilines is 1. The van der Waals surface area contributed by atoms with Crippen LogP contribution in [0, 0.1) is 5.82 Å². The highest BCUT2D eigenvalue weighted by Gasteiger charge is 2.40. The molecule has 0 unspecified atom stereocenters. The van der Waals surface area contributed by atoms with Gasteiger partial charge in [-0.25, -0.2) is 4.39 Å². The highest BCUT2D eigenvalue weighted by molar-refractivity contribution is 5.98. The van der Waals surface area contributed by atoms with E-state index < -0.39 is 0 Å². The van der Waals surface area contributed by atoms with Crippen molar-refractivity contribution in [3.63, 3.8) is 0 Å². The maximum absolute atomic E-state index is 13.9. The van der Waals surface area contributed by atoms with Crippen molar-refractivity contribution < 1.29 is 14.0 Å². The predicted octanol–water partition coefficient (Wildman–Crippen LogP) is 3.88. The quantitative estimate of drug-likeness (QED) is 0.631. The molecule has 0 spiro atoms. The topological polar surface area (TPSA) is 55.9 Å². The summed E-state index contributed by atoms with van der Waals surface area (Å²) in [6.07, 6.45) is 0.685. The molecule has 6 nitrogen and oxygen atoms in total. The number of hydrogen-bond acceptors (Lipinski definition) is 4. The lowest BCUT2D eigenvalue weighted by Crippen LogP contribution is -2.61. The summed E-state index contributed by atoms with van der Waals surface area (Å²) in [6, 6.07) is 13.4. The highest BCUT2D eigenvalue weighted by Crippen LogP contribution is 2.41. The van der Waals surface area contributed by atoms with Gasteiger partial charge in [-0.2, -0.15) is 0 Å². The van der Waals surface area contributed by atoms with Crippen molar-refractivity contribution in [3.8, 4) is 0 Å². The third kappa shape index (κ3) is 5.27. The molecule has 0 aromatic heterocycles. The summed E-state index contributed by atoms with van der Waals surface area (Å²) < 4.78 is 13.4. The van der Waals surface area contributed by atoms with Crippen LogP contribution in [0.4, 0.5) is 10.1 Å². The summed E-state index contributed by atoms with van der Waals surface area (Å²) in [6.45, 7) is 14.2. The number of nitrogens with zero attached hydrogens (tertiary/aromatic N) is 3. The molecule has 1 saturated heterocycles. The first-order valence-corrected chi connectivity index (χ1v) is 13.6. The molecule has 38 heavy (non-hydrogen) atoms. The van der Waals surface area contributed by atoms with Crippen molar-refractivity contribution in [3.05, 3.63) is 76.1 Å². The summed E-state index contributed by atoms with van der Waals surface area (Å²) >= 11 is 0. The summed E-state index contributed by atoms with van der Waals surface area (Å²) in [5.74, 6) is -0.0400. The Labute approximate surface area is 225 Å². The molecule has 3 aliphatic heterocycles. The third-order valence-corrected chi connectivity index (χ3v) is 8.43. The molecular formula is C31H39FN4O2. The van der Waals surface area contributed by atoms with Gasteiger partial charge in [0.1, 0.15) is 5.82 Å². The highest BCUT2D eigenvalue weighted by atomic mass is 19.1. The summed E-state index contributed by atoms with van der Waals surface area (Å²) in [7, 11) is 0. The fraction of sp³-hybridized carbons (Fsp3) is 0.484. The molecule has 1 fully saturated rings. The van der Waals surface area contributed by atoms with Gasteiger partial charge in [-0.1, -0.05) is 38.1 Å². The maximum Gasteiger partial charge on any atom is 0.249 e. The molecule has 2 amide bonds. The van der Waals surface area contributed by atoms with E-state index in [9.17, 15) is 14.0 Å². The molecule has 0 aliphatic carbocycles. The molecule has 2 aromatic carbocycles. The van der Waals surface area contributed by atoms with Crippen LogP contribution in [0.1, 0.15) is 51.3 Å². The van der Waals surface area contributed by atoms with Gasteiger partial charge in [-0.3, -0.25) is 14.5 Å². The van der Waals surface area contributed by atoms with Gasteiger partial charge in [0.25, 0.3) is 0 Å². The zero-order chi connectivity index (χ0) is 27.2. The number of rotatable bonds is 6. The molecule has 5 rings (SSSR count). The zero-order valence-electron chi connectivity index (χ0n) is 23.2. The first-order valence-electron chi connectivity index (χ1n) is 13.6. The standard InChI is InChI=1S/C31H39FN4O2/c1-20-15-35(30(38)22(20)3)17-26-14-33-21(2)16-34(26)18-29(37)36-19-31(4,5)27-11-8-24(13-28(27)36)12-23-6-9-25(32)10-7-23/h6-11,13,21,26,33H,12,14-19H2,1-5H3/t21-,26-/m1/s1. The van der Waals surface area contributed by atoms with Gasteiger partial charge in [0.05, 0.1) is 6.54 Å². The van der Waals surface area contributed by atoms with E-state index in [1.165, 1.54) is 17.7 Å². The van der Waals surface area contributed by atoms with Crippen molar-refractivity contribution in [1.82, 2.24) is 15.1 Å². The average molecular weight is 519 g/mol. The van der Waals surface area contributed by atoms with Crippen LogP contribution >= 0.6 is 0 Å². The zero-order valence-corrected chi connectivity index (χ0v) is 23.2. The minimum atomic E-state index is -0.239. The second-order valence-electron chi connectivity index (χ2n) is 12.0. The molecule has 1 N–H and O–H groups in total. The Morgan fingerprint density at radius 1 is 1.11 bits per heavy atom. The number of benzene rings is 2. The molecule has 202 valence electrons. The van der Waals surface area contributed by atoms with Crippen molar-refractivity contribution >= 4 is 17.5 Å². The van der Waals surface area contributed by atoms with E-state index in [1.807, 2.05) is 35.8 Å². The van der Waals surface area contributed by atoms with E-state index in [0.29, 0.717) is 32.6 Å². The first kappa shape index (κ1) is 26.6. The van der Waals surface area contributed by atoms with Crippen LogP contribution in [0.15, 0.2) is 53.6 Å². The fourth-order valence-electron chi connectivity index (χ4n) is 6.07. The van der Waals surface area contributed by atoms with E-state index in [4.69, 9.17) is 0 Å². The Balaban J connectivity index is 1.33. The van der Waals surface area contributed by atoms with E-state index >= 15 is 0 Å². The lowest BCUT2D eigenvalue weighted by Gasteiger charge is -2.41. The number of piperazine rings is 1. The number of carbonyl (C=O) groups is 2. The SMILES string of the molecule is CC1=C(C)C(=O)N(C[C@H]2CN[C@H](C)CN2CC(=O)N2CC(C)(C)c3ccc(Cc4ccc(F)cc4)cc32)C1. The summed E-state index contributed by atoms with van der Waals surface area (Å²) in [4.78, 5) is 32.7. The molecular weight excluding hydrogens is 479 g/mol. The molecule has 3 aliphatic rings. The second-order valence-corrected chi connectivity index (χ2v) is 12.0. The van der Waals surface area contributed by atoms with Gasteiger partial charge >= 0.3 is 0 Å². The Hall–Kier alpha value is -3.03. The average Bonchev–Trinajstić information content (AvgIpc) is 3.28. The van der Waals surface area contributed by atoms with Gasteiger partial charge in [-0.05, 0) is 67.7 Å². The number of fused-ring (bicyclic) bond motifs is 1. The molecule has 2 atom stereocenters. The minimum Gasteiger partial charge on any atom is -0.333 e. The molecule has 3 heterocycles. The van der Waals surface area contributed by atoms with E-state index in [1.54, 1.807) is 0 Å². The third-order valence-electron chi connectivity index (χ3n) is 8.43. The maximum atomic E-state index is 13.9. The monoisotopic (exact) mass is 518 g/mol. The summed E-state index contributed by atoms with van der Waals surface area (Å²) in [5.41, 5.74) is 6.13. The van der Waals surface area contributed by atoms with Crippen LogP contribution in [0.2, 0.25) is 0 Å². The lowest BCUT2D eigenvalue weighted by atomic mass is 9.86. The van der Waals surface area contributed by atoms with E-state index in [0.717, 1.165) is 41.1 Å². The predicted molar refractivity (Wildman–Crippen MR) is 149 cm³/mol. The smallest absolute Gasteiger partial charge is 0.249 e. The number of halogens is 1. The molecule has 0 radical (unpaired) electrons. The van der Waals surface area contributed by atoms with Gasteiger partial charge in [0.2, 0.25) is 11.8 Å². The molecule has 2 aromatic rings. The van der Waals surface area contributed by atoms with Crippen LogP contribution in [-0.2, 0) is 21.4 Å². The van der Waals surface area contributed by atoms with Gasteiger partial charge < -0.3 is 15.1 Å². The second kappa shape index (κ2) is 10.3. The normalized spacial score (nSPS) is 23.4. The number of nitrogens with one attached hydrogen (secondary N) is 1. The Kier molecular flexibility index (Phi) is 7.18. The Morgan fingerprint density at radius 3 is 2.50 bits per heavy atom. The van der Waals surface area contributed by atoms with Crippen LogP contribution in [-0.4, -0.2) is 73.0 Å². The van der Waals surface area contributed by atoms with Crippen molar-refractivity contribution in [2.75, 3.05) is 44.2 Å². The Bertz CT molecular complexity index is 1270. The minimum absolute atomic E-state index is 0.0812. The Morgan fingerprint density at radius 2 is 1.82 bits per heavy atom.